The molecular weight excluding hydrogens is 348 g/mol. The Morgan fingerprint density at radius 3 is 2.54 bits per heavy atom. The van der Waals surface area contributed by atoms with Gasteiger partial charge in [-0.2, -0.15) is 0 Å². The highest BCUT2D eigenvalue weighted by Crippen LogP contribution is 2.18. The number of hydrogen-bond acceptors (Lipinski definition) is 5. The summed E-state index contributed by atoms with van der Waals surface area (Å²) in [6.45, 7) is 13.1. The fraction of sp³-hybridized carbons (Fsp3) is 0.579. The second-order valence-electron chi connectivity index (χ2n) is 7.87. The molecule has 0 aromatic carbocycles. The molecule has 0 saturated carbocycles. The topological polar surface area (TPSA) is 69.7 Å². The van der Waals surface area contributed by atoms with E-state index in [4.69, 9.17) is 14.2 Å². The third-order valence-electron chi connectivity index (χ3n) is 2.86. The largest absolute Gasteiger partial charge is 0.489 e. The zero-order valence-corrected chi connectivity index (χ0v) is 17.9. The molecule has 0 aliphatic rings. The molecule has 144 valence electrons. The van der Waals surface area contributed by atoms with Crippen molar-refractivity contribution >= 4 is 14.2 Å². The summed E-state index contributed by atoms with van der Waals surface area (Å²) >= 11 is 0. The molecule has 0 saturated heterocycles. The Hall–Kier alpha value is -2.04. The van der Waals surface area contributed by atoms with Crippen LogP contribution in [-0.4, -0.2) is 45.1 Å². The normalized spacial score (nSPS) is 11.3. The summed E-state index contributed by atoms with van der Waals surface area (Å²) in [5.41, 5.74) is 4.17. The Kier molecular flexibility index (Phi) is 8.12. The van der Waals surface area contributed by atoms with Crippen LogP contribution in [0.2, 0.25) is 19.6 Å². The molecule has 0 aliphatic heterocycles. The molecule has 0 aliphatic carbocycles. The van der Waals surface area contributed by atoms with E-state index in [0.717, 1.165) is 5.56 Å². The molecule has 6 nitrogen and oxygen atoms in total. The third-order valence-corrected chi connectivity index (χ3v) is 3.73. The van der Waals surface area contributed by atoms with E-state index >= 15 is 0 Å². The van der Waals surface area contributed by atoms with Gasteiger partial charge in [-0.05, 0) is 26.8 Å². The summed E-state index contributed by atoms with van der Waals surface area (Å²) in [6.07, 6.45) is 1.20. The van der Waals surface area contributed by atoms with Gasteiger partial charge in [0.25, 0.3) is 0 Å². The first-order valence-corrected chi connectivity index (χ1v) is 12.1. The number of methoxy groups -OCH3 is 1. The number of pyridine rings is 1. The number of carbonyl (C=O) groups excluding carboxylic acids is 1. The number of nitrogens with one attached hydrogen (secondary N) is 1. The molecule has 0 fully saturated rings. The minimum absolute atomic E-state index is 0.207. The summed E-state index contributed by atoms with van der Waals surface area (Å²) in [4.78, 5) is 16.2. The molecule has 1 amide bonds. The number of ether oxygens (including phenoxy) is 3. The molecule has 0 atom stereocenters. The van der Waals surface area contributed by atoms with Gasteiger partial charge in [-0.3, -0.25) is 4.98 Å². The Balaban J connectivity index is 2.91. The van der Waals surface area contributed by atoms with E-state index in [0.29, 0.717) is 24.7 Å². The summed E-state index contributed by atoms with van der Waals surface area (Å²) in [6, 6.07) is 1.85. The maximum atomic E-state index is 11.8. The van der Waals surface area contributed by atoms with Crippen LogP contribution in [-0.2, 0) is 16.0 Å². The van der Waals surface area contributed by atoms with Crippen LogP contribution < -0.4 is 10.1 Å². The highest BCUT2D eigenvalue weighted by atomic mass is 28.3. The van der Waals surface area contributed by atoms with Crippen LogP contribution in [0.4, 0.5) is 4.79 Å². The lowest BCUT2D eigenvalue weighted by Gasteiger charge is -2.20. The maximum Gasteiger partial charge on any atom is 0.407 e. The number of amides is 1. The van der Waals surface area contributed by atoms with Crippen molar-refractivity contribution < 1.29 is 19.0 Å². The monoisotopic (exact) mass is 378 g/mol. The molecule has 0 bridgehead atoms. The van der Waals surface area contributed by atoms with Gasteiger partial charge in [0.15, 0.2) is 0 Å². The molecule has 0 unspecified atom stereocenters. The van der Waals surface area contributed by atoms with Crippen LogP contribution in [0, 0.1) is 11.5 Å². The Morgan fingerprint density at radius 1 is 1.27 bits per heavy atom. The smallest absolute Gasteiger partial charge is 0.407 e. The third kappa shape index (κ3) is 9.44. The van der Waals surface area contributed by atoms with E-state index in [9.17, 15) is 4.79 Å². The average molecular weight is 379 g/mol. The van der Waals surface area contributed by atoms with E-state index in [1.165, 1.54) is 0 Å². The van der Waals surface area contributed by atoms with Gasteiger partial charge in [-0.1, -0.05) is 25.6 Å². The van der Waals surface area contributed by atoms with Crippen LogP contribution in [0.25, 0.3) is 0 Å². The van der Waals surface area contributed by atoms with E-state index in [1.807, 2.05) is 26.8 Å². The molecule has 1 aromatic heterocycles. The van der Waals surface area contributed by atoms with Crippen molar-refractivity contribution in [3.63, 3.8) is 0 Å². The average Bonchev–Trinajstić information content (AvgIpc) is 2.50. The predicted molar refractivity (Wildman–Crippen MR) is 105 cm³/mol. The fourth-order valence-electron chi connectivity index (χ4n) is 1.76. The second-order valence-corrected chi connectivity index (χ2v) is 12.6. The predicted octanol–water partition coefficient (Wildman–Crippen LogP) is 3.36. The van der Waals surface area contributed by atoms with E-state index in [2.05, 4.69) is 41.4 Å². The minimum Gasteiger partial charge on any atom is -0.489 e. The van der Waals surface area contributed by atoms with Gasteiger partial charge in [0, 0.05) is 18.9 Å². The first kappa shape index (κ1) is 22.0. The molecule has 1 rings (SSSR count). The highest BCUT2D eigenvalue weighted by Gasteiger charge is 2.17. The minimum atomic E-state index is -1.48. The number of carbonyl (C=O) groups is 1. The molecule has 26 heavy (non-hydrogen) atoms. The van der Waals surface area contributed by atoms with E-state index in [1.54, 1.807) is 13.3 Å². The molecule has 0 radical (unpaired) electrons. The Bertz CT molecular complexity index is 667. The Labute approximate surface area is 157 Å². The zero-order valence-electron chi connectivity index (χ0n) is 16.9. The van der Waals surface area contributed by atoms with Crippen molar-refractivity contribution in [1.82, 2.24) is 10.3 Å². The molecule has 1 heterocycles. The second kappa shape index (κ2) is 9.60. The quantitative estimate of drug-likeness (QED) is 0.467. The molecular formula is C19H30N2O4Si. The van der Waals surface area contributed by atoms with Gasteiger partial charge in [-0.15, -0.1) is 5.54 Å². The van der Waals surface area contributed by atoms with Crippen molar-refractivity contribution in [3.8, 4) is 17.2 Å². The summed E-state index contributed by atoms with van der Waals surface area (Å²) in [7, 11) is 0.135. The van der Waals surface area contributed by atoms with Crippen molar-refractivity contribution in [2.75, 3.05) is 20.3 Å². The van der Waals surface area contributed by atoms with Crippen molar-refractivity contribution in [1.29, 1.82) is 0 Å². The van der Waals surface area contributed by atoms with Crippen LogP contribution >= 0.6 is 0 Å². The standard InChI is InChI=1S/C19H30N2O4Si/c1-19(2,3)25-18(22)21-14-16-17(24-10-9-23-4)12-15(13-20-16)8-11-26(5,6)7/h12-13H,9-10,14H2,1-7H3,(H,21,22). The maximum absolute atomic E-state index is 11.8. The first-order chi connectivity index (χ1) is 12.0. The summed E-state index contributed by atoms with van der Waals surface area (Å²) < 4.78 is 16.0. The number of rotatable bonds is 6. The van der Waals surface area contributed by atoms with Gasteiger partial charge >= 0.3 is 6.09 Å². The lowest BCUT2D eigenvalue weighted by molar-refractivity contribution is 0.0522. The summed E-state index contributed by atoms with van der Waals surface area (Å²) in [5, 5.41) is 2.70. The fourth-order valence-corrected chi connectivity index (χ4v) is 2.28. The zero-order chi connectivity index (χ0) is 19.8. The van der Waals surface area contributed by atoms with Gasteiger partial charge in [0.2, 0.25) is 0 Å². The van der Waals surface area contributed by atoms with Gasteiger partial charge in [0.05, 0.1) is 13.2 Å². The number of alkyl carbamates (subject to hydrolysis) is 1. The highest BCUT2D eigenvalue weighted by molar-refractivity contribution is 6.83. The number of hydrogen-bond donors (Lipinski definition) is 1. The molecule has 1 N–H and O–H groups in total. The van der Waals surface area contributed by atoms with Gasteiger partial charge < -0.3 is 19.5 Å². The van der Waals surface area contributed by atoms with Crippen molar-refractivity contribution in [2.45, 2.75) is 52.6 Å². The van der Waals surface area contributed by atoms with Gasteiger partial charge in [-0.25, -0.2) is 4.79 Å². The van der Waals surface area contributed by atoms with Crippen LogP contribution in [0.3, 0.4) is 0 Å². The van der Waals surface area contributed by atoms with Crippen LogP contribution in [0.5, 0.6) is 5.75 Å². The SMILES string of the molecule is COCCOc1cc(C#C[Si](C)(C)C)cnc1CNC(=O)OC(C)(C)C. The molecule has 1 aromatic rings. The number of nitrogens with zero attached hydrogens (tertiary/aromatic N) is 1. The van der Waals surface area contributed by atoms with E-state index in [-0.39, 0.29) is 6.54 Å². The first-order valence-electron chi connectivity index (χ1n) is 8.61. The summed E-state index contributed by atoms with van der Waals surface area (Å²) in [5.74, 6) is 3.75. The van der Waals surface area contributed by atoms with E-state index < -0.39 is 19.8 Å². The Morgan fingerprint density at radius 2 is 1.96 bits per heavy atom. The van der Waals surface area contributed by atoms with Crippen LogP contribution in [0.15, 0.2) is 12.3 Å². The lowest BCUT2D eigenvalue weighted by Crippen LogP contribution is -2.32. The lowest BCUT2D eigenvalue weighted by atomic mass is 10.2. The molecule has 7 heteroatoms. The van der Waals surface area contributed by atoms with Crippen LogP contribution in [0.1, 0.15) is 32.0 Å². The van der Waals surface area contributed by atoms with Gasteiger partial charge in [0.1, 0.15) is 31.7 Å². The van der Waals surface area contributed by atoms with Crippen molar-refractivity contribution in [2.24, 2.45) is 0 Å². The molecule has 0 spiro atoms. The van der Waals surface area contributed by atoms with Crippen molar-refractivity contribution in [3.05, 3.63) is 23.5 Å². The number of aromatic nitrogens is 1.